The van der Waals surface area contributed by atoms with Crippen LogP contribution in [0.5, 0.6) is 0 Å². The lowest BCUT2D eigenvalue weighted by Gasteiger charge is -2.33. The van der Waals surface area contributed by atoms with E-state index in [1.54, 1.807) is 29.2 Å². The van der Waals surface area contributed by atoms with E-state index in [1.165, 1.54) is 4.57 Å². The topological polar surface area (TPSA) is 81.8 Å². The smallest absolute Gasteiger partial charge is 0.420 e. The average molecular weight is 332 g/mol. The number of oxazole rings is 1. The minimum atomic E-state index is -0.637. The van der Waals surface area contributed by atoms with Crippen LogP contribution in [0.3, 0.4) is 0 Å². The molecule has 0 unspecified atom stereocenters. The molecule has 0 saturated carbocycles. The van der Waals surface area contributed by atoms with Crippen molar-refractivity contribution in [1.82, 2.24) is 9.47 Å². The van der Waals surface area contributed by atoms with E-state index < -0.39 is 11.7 Å². The molecule has 128 valence electrons. The molecule has 24 heavy (non-hydrogen) atoms. The summed E-state index contributed by atoms with van der Waals surface area (Å²) in [5, 5.41) is 0. The number of esters is 1. The second-order valence-corrected chi connectivity index (χ2v) is 6.01. The molecule has 0 bridgehead atoms. The summed E-state index contributed by atoms with van der Waals surface area (Å²) in [6, 6.07) is 7.01. The SMILES string of the molecule is C[C@@H]1CCCCN1C(=O)COC(=O)Cn1c(=O)oc2ccccc21. The van der Waals surface area contributed by atoms with Crippen LogP contribution in [0.25, 0.3) is 11.1 Å². The molecular formula is C17H20N2O5. The molecule has 3 rings (SSSR count). The zero-order valence-corrected chi connectivity index (χ0v) is 13.6. The first-order chi connectivity index (χ1) is 11.6. The van der Waals surface area contributed by atoms with Gasteiger partial charge < -0.3 is 14.1 Å². The summed E-state index contributed by atoms with van der Waals surface area (Å²) in [6.07, 6.45) is 3.05. The van der Waals surface area contributed by atoms with Crippen molar-refractivity contribution >= 4 is 23.0 Å². The third-order valence-electron chi connectivity index (χ3n) is 4.34. The Hall–Kier alpha value is -2.57. The van der Waals surface area contributed by atoms with Crippen LogP contribution in [0.15, 0.2) is 33.5 Å². The van der Waals surface area contributed by atoms with E-state index in [-0.39, 0.29) is 25.1 Å². The summed E-state index contributed by atoms with van der Waals surface area (Å²) in [6.45, 7) is 2.12. The number of benzene rings is 1. The van der Waals surface area contributed by atoms with Crippen LogP contribution in [0.4, 0.5) is 0 Å². The third-order valence-corrected chi connectivity index (χ3v) is 4.34. The molecule has 0 N–H and O–H groups in total. The number of para-hydroxylation sites is 2. The first kappa shape index (κ1) is 16.3. The van der Waals surface area contributed by atoms with Crippen molar-refractivity contribution in [2.24, 2.45) is 0 Å². The number of hydrogen-bond donors (Lipinski definition) is 0. The zero-order valence-electron chi connectivity index (χ0n) is 13.6. The van der Waals surface area contributed by atoms with Gasteiger partial charge in [-0.05, 0) is 38.3 Å². The van der Waals surface area contributed by atoms with Gasteiger partial charge in [0.15, 0.2) is 12.2 Å². The lowest BCUT2D eigenvalue weighted by molar-refractivity contribution is -0.153. The first-order valence-corrected chi connectivity index (χ1v) is 8.09. The summed E-state index contributed by atoms with van der Waals surface area (Å²) >= 11 is 0. The fraction of sp³-hybridized carbons (Fsp3) is 0.471. The maximum Gasteiger partial charge on any atom is 0.420 e. The molecule has 0 spiro atoms. The number of likely N-dealkylation sites (tertiary alicyclic amines) is 1. The Bertz CT molecular complexity index is 807. The summed E-state index contributed by atoms with van der Waals surface area (Å²) in [4.78, 5) is 37.7. The number of nitrogens with zero attached hydrogens (tertiary/aromatic N) is 2. The van der Waals surface area contributed by atoms with Gasteiger partial charge in [-0.2, -0.15) is 0 Å². The van der Waals surface area contributed by atoms with E-state index in [0.717, 1.165) is 19.3 Å². The fourth-order valence-corrected chi connectivity index (χ4v) is 3.03. The normalized spacial score (nSPS) is 17.9. The highest BCUT2D eigenvalue weighted by Gasteiger charge is 2.24. The molecule has 0 aliphatic carbocycles. The predicted molar refractivity (Wildman–Crippen MR) is 86.5 cm³/mol. The summed E-state index contributed by atoms with van der Waals surface area (Å²) < 4.78 is 11.3. The molecule has 1 fully saturated rings. The molecule has 1 atom stereocenters. The molecule has 0 radical (unpaired) electrons. The van der Waals surface area contributed by atoms with Crippen molar-refractivity contribution < 1.29 is 18.7 Å². The van der Waals surface area contributed by atoms with Gasteiger partial charge in [0.05, 0.1) is 5.52 Å². The van der Waals surface area contributed by atoms with Gasteiger partial charge in [0.25, 0.3) is 5.91 Å². The van der Waals surface area contributed by atoms with Crippen molar-refractivity contribution in [2.45, 2.75) is 38.8 Å². The molecule has 7 nitrogen and oxygen atoms in total. The highest BCUT2D eigenvalue weighted by molar-refractivity contribution is 5.81. The molecule has 1 aliphatic heterocycles. The second-order valence-electron chi connectivity index (χ2n) is 6.01. The Morgan fingerprint density at radius 2 is 2.08 bits per heavy atom. The number of carbonyl (C=O) groups excluding carboxylic acids is 2. The van der Waals surface area contributed by atoms with Gasteiger partial charge in [0.1, 0.15) is 6.54 Å². The Balaban J connectivity index is 1.60. The van der Waals surface area contributed by atoms with E-state index in [9.17, 15) is 14.4 Å². The molecule has 1 saturated heterocycles. The summed E-state index contributed by atoms with van der Waals surface area (Å²) in [7, 11) is 0. The molecule has 2 aromatic rings. The van der Waals surface area contributed by atoms with Crippen LogP contribution < -0.4 is 5.76 Å². The van der Waals surface area contributed by atoms with E-state index in [2.05, 4.69) is 0 Å². The number of hydrogen-bond acceptors (Lipinski definition) is 5. The maximum atomic E-state index is 12.2. The van der Waals surface area contributed by atoms with Gasteiger partial charge in [0.2, 0.25) is 0 Å². The largest absolute Gasteiger partial charge is 0.454 e. The van der Waals surface area contributed by atoms with Crippen LogP contribution in [0.1, 0.15) is 26.2 Å². The number of amides is 1. The molecule has 1 aliphatic rings. The summed E-state index contributed by atoms with van der Waals surface area (Å²) in [5.74, 6) is -1.45. The average Bonchev–Trinajstić information content (AvgIpc) is 2.89. The number of piperidine rings is 1. The van der Waals surface area contributed by atoms with Gasteiger partial charge in [-0.15, -0.1) is 0 Å². The third kappa shape index (κ3) is 3.34. The van der Waals surface area contributed by atoms with Gasteiger partial charge in [-0.25, -0.2) is 4.79 Å². The second kappa shape index (κ2) is 6.90. The number of fused-ring (bicyclic) bond motifs is 1. The van der Waals surface area contributed by atoms with Crippen molar-refractivity contribution in [2.75, 3.05) is 13.2 Å². The molecule has 7 heteroatoms. The number of aromatic nitrogens is 1. The fourth-order valence-electron chi connectivity index (χ4n) is 3.03. The van der Waals surface area contributed by atoms with Crippen LogP contribution in [0.2, 0.25) is 0 Å². The molecule has 1 aromatic heterocycles. The number of carbonyl (C=O) groups is 2. The lowest BCUT2D eigenvalue weighted by atomic mass is 10.0. The minimum Gasteiger partial charge on any atom is -0.454 e. The van der Waals surface area contributed by atoms with Gasteiger partial charge in [-0.1, -0.05) is 12.1 Å². The van der Waals surface area contributed by atoms with Crippen molar-refractivity contribution in [3.05, 3.63) is 34.8 Å². The van der Waals surface area contributed by atoms with Gasteiger partial charge >= 0.3 is 11.7 Å². The molecule has 1 aromatic carbocycles. The molecule has 2 heterocycles. The Labute approximate surface area is 138 Å². The molecule has 1 amide bonds. The maximum absolute atomic E-state index is 12.2. The van der Waals surface area contributed by atoms with E-state index in [1.807, 2.05) is 6.92 Å². The van der Waals surface area contributed by atoms with Crippen LogP contribution >= 0.6 is 0 Å². The highest BCUT2D eigenvalue weighted by Crippen LogP contribution is 2.16. The minimum absolute atomic E-state index is 0.172. The number of ether oxygens (including phenoxy) is 1. The first-order valence-electron chi connectivity index (χ1n) is 8.09. The van der Waals surface area contributed by atoms with E-state index in [4.69, 9.17) is 9.15 Å². The van der Waals surface area contributed by atoms with Gasteiger partial charge in [-0.3, -0.25) is 14.2 Å². The van der Waals surface area contributed by atoms with Crippen LogP contribution in [0, 0.1) is 0 Å². The van der Waals surface area contributed by atoms with Crippen LogP contribution in [-0.4, -0.2) is 40.5 Å². The van der Waals surface area contributed by atoms with Gasteiger partial charge in [0, 0.05) is 12.6 Å². The standard InChI is InChI=1S/C17H20N2O5/c1-12-6-4-5-9-18(12)15(20)11-23-16(21)10-19-13-7-2-3-8-14(13)24-17(19)22/h2-3,7-8,12H,4-6,9-11H2,1H3/t12-/m1/s1. The highest BCUT2D eigenvalue weighted by atomic mass is 16.5. The van der Waals surface area contributed by atoms with Crippen molar-refractivity contribution in [1.29, 1.82) is 0 Å². The Morgan fingerprint density at radius 3 is 2.88 bits per heavy atom. The van der Waals surface area contributed by atoms with E-state index >= 15 is 0 Å². The van der Waals surface area contributed by atoms with Crippen LogP contribution in [-0.2, 0) is 20.9 Å². The zero-order chi connectivity index (χ0) is 17.1. The Morgan fingerprint density at radius 1 is 1.29 bits per heavy atom. The summed E-state index contributed by atoms with van der Waals surface area (Å²) in [5.41, 5.74) is 0.934. The predicted octanol–water partition coefficient (Wildman–Crippen LogP) is 1.54. The lowest BCUT2D eigenvalue weighted by Crippen LogP contribution is -2.44. The van der Waals surface area contributed by atoms with Crippen molar-refractivity contribution in [3.63, 3.8) is 0 Å². The number of rotatable bonds is 4. The van der Waals surface area contributed by atoms with E-state index in [0.29, 0.717) is 17.6 Å². The van der Waals surface area contributed by atoms with Crippen molar-refractivity contribution in [3.8, 4) is 0 Å². The Kier molecular flexibility index (Phi) is 4.69. The monoisotopic (exact) mass is 332 g/mol. The quantitative estimate of drug-likeness (QED) is 0.793. The molecular weight excluding hydrogens is 312 g/mol.